The third-order valence-corrected chi connectivity index (χ3v) is 0.877. The van der Waals surface area contributed by atoms with Gasteiger partial charge in [-0.2, -0.15) is 0 Å². The quantitative estimate of drug-likeness (QED) is 0.420. The maximum atomic E-state index is 5.08. The van der Waals surface area contributed by atoms with E-state index in [2.05, 4.69) is 6.58 Å². The summed E-state index contributed by atoms with van der Waals surface area (Å²) in [6.07, 6.45) is 0.994. The zero-order valence-electron chi connectivity index (χ0n) is 5.74. The van der Waals surface area contributed by atoms with E-state index in [1.54, 1.807) is 0 Å². The van der Waals surface area contributed by atoms with Gasteiger partial charge in [-0.25, -0.2) is 0 Å². The molecule has 0 aromatic carbocycles. The average Bonchev–Trinajstić information content (AvgIpc) is 1.66. The van der Waals surface area contributed by atoms with E-state index >= 15 is 0 Å². The van der Waals surface area contributed by atoms with Gasteiger partial charge < -0.3 is 4.74 Å². The standard InChI is InChI=1S/C7H14O.CH4/c1-4-8-6-5-7(2)3;/h2,4-6H2,1,3H3;1H4. The normalized spacial score (nSPS) is 8.22. The van der Waals surface area contributed by atoms with Gasteiger partial charge in [0.2, 0.25) is 0 Å². The molecule has 0 heterocycles. The van der Waals surface area contributed by atoms with Crippen molar-refractivity contribution >= 4 is 0 Å². The second-order valence-electron chi connectivity index (χ2n) is 1.90. The Balaban J connectivity index is 0. The second kappa shape index (κ2) is 7.70. The van der Waals surface area contributed by atoms with Crippen LogP contribution in [0.3, 0.4) is 0 Å². The Bertz CT molecular complexity index is 67.0. The summed E-state index contributed by atoms with van der Waals surface area (Å²) in [7, 11) is 0. The Morgan fingerprint density at radius 3 is 2.44 bits per heavy atom. The highest BCUT2D eigenvalue weighted by atomic mass is 16.5. The lowest BCUT2D eigenvalue weighted by molar-refractivity contribution is 0.151. The lowest BCUT2D eigenvalue weighted by Gasteiger charge is -1.97. The predicted octanol–water partition coefficient (Wildman–Crippen LogP) is 2.63. The summed E-state index contributed by atoms with van der Waals surface area (Å²) in [4.78, 5) is 0. The summed E-state index contributed by atoms with van der Waals surface area (Å²) in [5, 5.41) is 0. The van der Waals surface area contributed by atoms with Crippen LogP contribution >= 0.6 is 0 Å². The molecular weight excluding hydrogens is 112 g/mol. The Morgan fingerprint density at radius 2 is 2.11 bits per heavy atom. The molecule has 0 radical (unpaired) electrons. The summed E-state index contributed by atoms with van der Waals surface area (Å²) in [6.45, 7) is 9.40. The maximum Gasteiger partial charge on any atom is 0.0502 e. The van der Waals surface area contributed by atoms with Crippen LogP contribution in [0.1, 0.15) is 27.7 Å². The molecule has 0 aromatic rings. The number of hydrogen-bond donors (Lipinski definition) is 0. The van der Waals surface area contributed by atoms with E-state index in [4.69, 9.17) is 4.74 Å². The fourth-order valence-electron chi connectivity index (χ4n) is 0.391. The van der Waals surface area contributed by atoms with Gasteiger partial charge >= 0.3 is 0 Å². The molecule has 0 fully saturated rings. The van der Waals surface area contributed by atoms with Crippen molar-refractivity contribution in [2.45, 2.75) is 27.7 Å². The highest BCUT2D eigenvalue weighted by Gasteiger charge is 1.83. The third-order valence-electron chi connectivity index (χ3n) is 0.877. The van der Waals surface area contributed by atoms with E-state index in [1.165, 1.54) is 5.57 Å². The monoisotopic (exact) mass is 130 g/mol. The van der Waals surface area contributed by atoms with Crippen LogP contribution in [0, 0.1) is 0 Å². The lowest BCUT2D eigenvalue weighted by Crippen LogP contribution is -1.92. The SMILES string of the molecule is C.C=C(C)CCOCC. The van der Waals surface area contributed by atoms with Gasteiger partial charge in [0.1, 0.15) is 0 Å². The summed E-state index contributed by atoms with van der Waals surface area (Å²) in [5.74, 6) is 0. The topological polar surface area (TPSA) is 9.23 Å². The number of rotatable bonds is 4. The average molecular weight is 130 g/mol. The Kier molecular flexibility index (Phi) is 9.83. The lowest BCUT2D eigenvalue weighted by atomic mass is 10.3. The molecular formula is C8H18O. The summed E-state index contributed by atoms with van der Waals surface area (Å²) in [5.41, 5.74) is 1.19. The van der Waals surface area contributed by atoms with Crippen LogP contribution in [-0.4, -0.2) is 13.2 Å². The minimum atomic E-state index is 0. The largest absolute Gasteiger partial charge is 0.381 e. The van der Waals surface area contributed by atoms with Crippen molar-refractivity contribution in [1.29, 1.82) is 0 Å². The van der Waals surface area contributed by atoms with Crippen molar-refractivity contribution < 1.29 is 4.74 Å². The molecule has 0 aliphatic rings. The van der Waals surface area contributed by atoms with Gasteiger partial charge in [-0.3, -0.25) is 0 Å². The fourth-order valence-corrected chi connectivity index (χ4v) is 0.391. The molecule has 1 nitrogen and oxygen atoms in total. The van der Waals surface area contributed by atoms with E-state index in [1.807, 2.05) is 13.8 Å². The molecule has 0 rings (SSSR count). The first kappa shape index (κ1) is 11.5. The molecule has 9 heavy (non-hydrogen) atoms. The summed E-state index contributed by atoms with van der Waals surface area (Å²) in [6, 6.07) is 0. The van der Waals surface area contributed by atoms with E-state index < -0.39 is 0 Å². The molecule has 0 N–H and O–H groups in total. The summed E-state index contributed by atoms with van der Waals surface area (Å²) < 4.78 is 5.08. The Morgan fingerprint density at radius 1 is 1.56 bits per heavy atom. The fraction of sp³-hybridized carbons (Fsp3) is 0.750. The molecule has 0 bridgehead atoms. The van der Waals surface area contributed by atoms with Crippen molar-refractivity contribution in [2.75, 3.05) is 13.2 Å². The first-order valence-electron chi connectivity index (χ1n) is 2.99. The zero-order chi connectivity index (χ0) is 6.41. The van der Waals surface area contributed by atoms with E-state index in [0.717, 1.165) is 19.6 Å². The molecule has 0 aliphatic carbocycles. The van der Waals surface area contributed by atoms with Gasteiger partial charge in [-0.15, -0.1) is 6.58 Å². The molecule has 56 valence electrons. The van der Waals surface area contributed by atoms with Crippen LogP contribution < -0.4 is 0 Å². The first-order chi connectivity index (χ1) is 3.77. The molecule has 0 aliphatic heterocycles. The van der Waals surface area contributed by atoms with E-state index in [9.17, 15) is 0 Å². The van der Waals surface area contributed by atoms with Crippen molar-refractivity contribution in [1.82, 2.24) is 0 Å². The van der Waals surface area contributed by atoms with Gasteiger partial charge in [0.05, 0.1) is 6.61 Å². The highest BCUT2D eigenvalue weighted by Crippen LogP contribution is 1.93. The minimum Gasteiger partial charge on any atom is -0.381 e. The van der Waals surface area contributed by atoms with Crippen LogP contribution in [0.15, 0.2) is 12.2 Å². The van der Waals surface area contributed by atoms with Crippen LogP contribution in [0.5, 0.6) is 0 Å². The molecule has 0 spiro atoms. The van der Waals surface area contributed by atoms with Crippen molar-refractivity contribution in [3.63, 3.8) is 0 Å². The minimum absolute atomic E-state index is 0. The number of hydrogen-bond acceptors (Lipinski definition) is 1. The third kappa shape index (κ3) is 11.3. The molecule has 0 saturated heterocycles. The molecule has 0 atom stereocenters. The molecule has 0 saturated carbocycles. The van der Waals surface area contributed by atoms with Gasteiger partial charge in [-0.1, -0.05) is 13.0 Å². The van der Waals surface area contributed by atoms with Gasteiger partial charge in [0, 0.05) is 6.61 Å². The first-order valence-corrected chi connectivity index (χ1v) is 2.99. The van der Waals surface area contributed by atoms with E-state index in [0.29, 0.717) is 0 Å². The Labute approximate surface area is 58.7 Å². The highest BCUT2D eigenvalue weighted by molar-refractivity contribution is 4.86. The zero-order valence-corrected chi connectivity index (χ0v) is 5.74. The van der Waals surface area contributed by atoms with Crippen molar-refractivity contribution in [3.05, 3.63) is 12.2 Å². The van der Waals surface area contributed by atoms with Gasteiger partial charge in [-0.05, 0) is 20.3 Å². The molecule has 1 heteroatoms. The van der Waals surface area contributed by atoms with Crippen LogP contribution in [0.4, 0.5) is 0 Å². The predicted molar refractivity (Wildman–Crippen MR) is 42.7 cm³/mol. The van der Waals surface area contributed by atoms with Crippen molar-refractivity contribution in [2.24, 2.45) is 0 Å². The van der Waals surface area contributed by atoms with Gasteiger partial charge in [0.25, 0.3) is 0 Å². The van der Waals surface area contributed by atoms with Crippen LogP contribution in [-0.2, 0) is 4.74 Å². The Hall–Kier alpha value is -0.300. The van der Waals surface area contributed by atoms with Gasteiger partial charge in [0.15, 0.2) is 0 Å². The second-order valence-corrected chi connectivity index (χ2v) is 1.90. The van der Waals surface area contributed by atoms with E-state index in [-0.39, 0.29) is 7.43 Å². The van der Waals surface area contributed by atoms with Crippen LogP contribution in [0.25, 0.3) is 0 Å². The molecule has 0 aromatic heterocycles. The maximum absolute atomic E-state index is 5.08. The van der Waals surface area contributed by atoms with Crippen molar-refractivity contribution in [3.8, 4) is 0 Å². The smallest absolute Gasteiger partial charge is 0.0502 e. The van der Waals surface area contributed by atoms with Crippen LogP contribution in [0.2, 0.25) is 0 Å². The molecule has 0 amide bonds. The number of ether oxygens (including phenoxy) is 1. The summed E-state index contributed by atoms with van der Waals surface area (Å²) >= 11 is 0. The molecule has 0 unspecified atom stereocenters.